The number of fused-ring (bicyclic) bond motifs is 1. The molecule has 0 radical (unpaired) electrons. The van der Waals surface area contributed by atoms with Gasteiger partial charge in [0.05, 0.1) is 22.2 Å². The van der Waals surface area contributed by atoms with Crippen molar-refractivity contribution in [1.29, 1.82) is 0 Å². The summed E-state index contributed by atoms with van der Waals surface area (Å²) in [6.07, 6.45) is 0.0680. The second kappa shape index (κ2) is 8.95. The van der Waals surface area contributed by atoms with Crippen LogP contribution in [0.25, 0.3) is 10.9 Å². The lowest BCUT2D eigenvalue weighted by Crippen LogP contribution is -2.22. The smallest absolute Gasteiger partial charge is 0.306 e. The minimum Gasteiger partial charge on any atom is -0.456 e. The number of nitro benzene ring substituents is 1. The number of nitrogens with zero attached hydrogens (tertiary/aromatic N) is 3. The van der Waals surface area contributed by atoms with Crippen LogP contribution in [-0.4, -0.2) is 33.0 Å². The van der Waals surface area contributed by atoms with Crippen LogP contribution in [0.1, 0.15) is 12.2 Å². The molecule has 1 N–H and O–H groups in total. The number of nitro groups is 1. The Labute approximate surface area is 170 Å². The molecule has 10 nitrogen and oxygen atoms in total. The zero-order valence-electron chi connectivity index (χ0n) is 16.0. The van der Waals surface area contributed by atoms with Gasteiger partial charge in [0.25, 0.3) is 17.2 Å². The molecule has 30 heavy (non-hydrogen) atoms. The fourth-order valence-corrected chi connectivity index (χ4v) is 2.92. The van der Waals surface area contributed by atoms with Gasteiger partial charge in [-0.2, -0.15) is 4.98 Å². The lowest BCUT2D eigenvalue weighted by molar-refractivity contribution is -0.383. The summed E-state index contributed by atoms with van der Waals surface area (Å²) in [6, 6.07) is 12.7. The van der Waals surface area contributed by atoms with Crippen molar-refractivity contribution in [2.75, 3.05) is 11.9 Å². The summed E-state index contributed by atoms with van der Waals surface area (Å²) in [5, 5.41) is 13.8. The minimum atomic E-state index is -0.700. The van der Waals surface area contributed by atoms with E-state index in [0.717, 1.165) is 0 Å². The van der Waals surface area contributed by atoms with E-state index in [1.54, 1.807) is 35.9 Å². The van der Waals surface area contributed by atoms with Gasteiger partial charge in [0.1, 0.15) is 11.5 Å². The molecule has 0 unspecified atom stereocenters. The first-order chi connectivity index (χ1) is 14.4. The van der Waals surface area contributed by atoms with E-state index >= 15 is 0 Å². The third-order valence-corrected chi connectivity index (χ3v) is 4.41. The Morgan fingerprint density at radius 2 is 1.87 bits per heavy atom. The van der Waals surface area contributed by atoms with E-state index in [4.69, 9.17) is 4.74 Å². The summed E-state index contributed by atoms with van der Waals surface area (Å²) >= 11 is 0. The Bertz CT molecular complexity index is 1190. The van der Waals surface area contributed by atoms with Gasteiger partial charge in [-0.1, -0.05) is 24.3 Å². The molecule has 0 aliphatic rings. The molecule has 0 aliphatic heterocycles. The van der Waals surface area contributed by atoms with E-state index in [1.165, 1.54) is 24.3 Å². The largest absolute Gasteiger partial charge is 0.456 e. The van der Waals surface area contributed by atoms with Gasteiger partial charge in [-0.25, -0.2) is 0 Å². The van der Waals surface area contributed by atoms with Crippen LogP contribution in [0.5, 0.6) is 0 Å². The molecule has 1 amide bonds. The highest BCUT2D eigenvalue weighted by atomic mass is 16.6. The Hall–Kier alpha value is -4.08. The molecule has 0 aliphatic carbocycles. The highest BCUT2D eigenvalue weighted by molar-refractivity contribution is 5.94. The molecule has 2 aromatic carbocycles. The normalized spacial score (nSPS) is 10.6. The van der Waals surface area contributed by atoms with E-state index in [-0.39, 0.29) is 29.8 Å². The number of rotatable bonds is 7. The van der Waals surface area contributed by atoms with Crippen LogP contribution < -0.4 is 10.9 Å². The van der Waals surface area contributed by atoms with Gasteiger partial charge in [-0.3, -0.25) is 24.5 Å². The number of hydrogen-bond donors (Lipinski definition) is 1. The second-order valence-corrected chi connectivity index (χ2v) is 6.39. The summed E-state index contributed by atoms with van der Waals surface area (Å²) in [5.41, 5.74) is 0.0694. The van der Waals surface area contributed by atoms with Gasteiger partial charge in [-0.15, -0.1) is 0 Å². The Morgan fingerprint density at radius 1 is 1.17 bits per heavy atom. The van der Waals surface area contributed by atoms with Crippen molar-refractivity contribution >= 4 is 34.2 Å². The number of aryl methyl sites for hydroxylation is 2. The van der Waals surface area contributed by atoms with E-state index in [1.807, 2.05) is 0 Å². The predicted molar refractivity (Wildman–Crippen MR) is 108 cm³/mol. The van der Waals surface area contributed by atoms with Crippen LogP contribution >= 0.6 is 0 Å². The molecule has 0 fully saturated rings. The Morgan fingerprint density at radius 3 is 2.63 bits per heavy atom. The molecule has 3 rings (SSSR count). The Kier molecular flexibility index (Phi) is 6.16. The lowest BCUT2D eigenvalue weighted by Gasteiger charge is -2.11. The molecule has 0 atom stereocenters. The number of anilines is 1. The van der Waals surface area contributed by atoms with Gasteiger partial charge in [0, 0.05) is 19.5 Å². The topological polar surface area (TPSA) is 133 Å². The fraction of sp³-hybridized carbons (Fsp3) is 0.200. The standard InChI is InChI=1S/C20H18N4O6/c1-23-15-8-4-2-6-13(15)20(27)22-17(23)10-11-19(26)30-12-18(25)21-14-7-3-5-9-16(14)24(28)29/h2-9H,10-12H2,1H3,(H,21,25). The molecular formula is C20H18N4O6. The first-order valence-corrected chi connectivity index (χ1v) is 9.00. The molecular weight excluding hydrogens is 392 g/mol. The molecule has 0 bridgehead atoms. The monoisotopic (exact) mass is 410 g/mol. The maximum atomic E-state index is 12.1. The number of amides is 1. The summed E-state index contributed by atoms with van der Waals surface area (Å²) in [5.74, 6) is -0.941. The minimum absolute atomic E-state index is 0.0129. The number of aromatic nitrogens is 2. The molecule has 1 heterocycles. The summed E-state index contributed by atoms with van der Waals surface area (Å²) < 4.78 is 6.65. The maximum absolute atomic E-state index is 12.1. The highest BCUT2D eigenvalue weighted by Gasteiger charge is 2.16. The number of esters is 1. The Balaban J connectivity index is 1.56. The maximum Gasteiger partial charge on any atom is 0.306 e. The van der Waals surface area contributed by atoms with Crippen molar-refractivity contribution in [3.05, 3.63) is 74.8 Å². The van der Waals surface area contributed by atoms with Crippen LogP contribution in [0.3, 0.4) is 0 Å². The van der Waals surface area contributed by atoms with Gasteiger partial charge >= 0.3 is 5.97 Å². The third kappa shape index (κ3) is 4.66. The number of para-hydroxylation sites is 3. The molecule has 0 saturated heterocycles. The number of nitrogens with one attached hydrogen (secondary N) is 1. The van der Waals surface area contributed by atoms with E-state index < -0.39 is 23.4 Å². The van der Waals surface area contributed by atoms with Crippen molar-refractivity contribution in [3.8, 4) is 0 Å². The molecule has 154 valence electrons. The van der Waals surface area contributed by atoms with E-state index in [2.05, 4.69) is 10.3 Å². The zero-order chi connectivity index (χ0) is 21.7. The van der Waals surface area contributed by atoms with Crippen LogP contribution in [0.15, 0.2) is 53.3 Å². The summed E-state index contributed by atoms with van der Waals surface area (Å²) in [6.45, 7) is -0.588. The van der Waals surface area contributed by atoms with Gasteiger partial charge < -0.3 is 14.6 Å². The van der Waals surface area contributed by atoms with Gasteiger partial charge in [0.15, 0.2) is 6.61 Å². The fourth-order valence-electron chi connectivity index (χ4n) is 2.92. The number of hydrogen-bond acceptors (Lipinski definition) is 7. The number of carbonyl (C=O) groups excluding carboxylic acids is 2. The van der Waals surface area contributed by atoms with E-state index in [0.29, 0.717) is 16.7 Å². The lowest BCUT2D eigenvalue weighted by atomic mass is 10.2. The van der Waals surface area contributed by atoms with Crippen molar-refractivity contribution in [3.63, 3.8) is 0 Å². The number of benzene rings is 2. The van der Waals surface area contributed by atoms with Gasteiger partial charge in [-0.05, 0) is 18.2 Å². The summed E-state index contributed by atoms with van der Waals surface area (Å²) in [4.78, 5) is 50.4. The SMILES string of the molecule is Cn1c(CCC(=O)OCC(=O)Nc2ccccc2[N+](=O)[O-])nc(=O)c2ccccc21. The average Bonchev–Trinajstić information content (AvgIpc) is 2.74. The molecule has 3 aromatic rings. The van der Waals surface area contributed by atoms with Crippen molar-refractivity contribution in [2.24, 2.45) is 7.05 Å². The van der Waals surface area contributed by atoms with Crippen LogP contribution in [0.4, 0.5) is 11.4 Å². The number of carbonyl (C=O) groups is 2. The third-order valence-electron chi connectivity index (χ3n) is 4.41. The summed E-state index contributed by atoms with van der Waals surface area (Å²) in [7, 11) is 1.75. The molecule has 10 heteroatoms. The highest BCUT2D eigenvalue weighted by Crippen LogP contribution is 2.22. The average molecular weight is 410 g/mol. The van der Waals surface area contributed by atoms with Crippen LogP contribution in [0.2, 0.25) is 0 Å². The van der Waals surface area contributed by atoms with Crippen molar-refractivity contribution in [2.45, 2.75) is 12.8 Å². The second-order valence-electron chi connectivity index (χ2n) is 6.39. The van der Waals surface area contributed by atoms with E-state index in [9.17, 15) is 24.5 Å². The zero-order valence-corrected chi connectivity index (χ0v) is 16.0. The molecule has 0 saturated carbocycles. The molecule has 1 aromatic heterocycles. The van der Waals surface area contributed by atoms with Crippen molar-refractivity contribution in [1.82, 2.24) is 9.55 Å². The molecule has 0 spiro atoms. The first kappa shape index (κ1) is 20.6. The quantitative estimate of drug-likeness (QED) is 0.357. The van der Waals surface area contributed by atoms with Gasteiger partial charge in [0.2, 0.25) is 0 Å². The van der Waals surface area contributed by atoms with Crippen LogP contribution in [-0.2, 0) is 27.8 Å². The van der Waals surface area contributed by atoms with Crippen molar-refractivity contribution < 1.29 is 19.2 Å². The number of ether oxygens (including phenoxy) is 1. The van der Waals surface area contributed by atoms with Crippen LogP contribution in [0, 0.1) is 10.1 Å². The first-order valence-electron chi connectivity index (χ1n) is 9.00. The predicted octanol–water partition coefficient (Wildman–Crippen LogP) is 1.96.